The minimum Gasteiger partial charge on any atom is -0.495 e. The Balaban J connectivity index is 1.49. The number of nitriles is 1. The number of rotatable bonds is 6. The lowest BCUT2D eigenvalue weighted by molar-refractivity contribution is -0.0373. The average molecular weight is 479 g/mol. The molecule has 0 aliphatic heterocycles. The molecule has 35 heavy (non-hydrogen) atoms. The van der Waals surface area contributed by atoms with Crippen molar-refractivity contribution in [2.75, 3.05) is 17.7 Å². The fraction of sp³-hybridized carbons (Fsp3) is 0.333. The number of aromatic amines is 1. The second-order valence-electron chi connectivity index (χ2n) is 8.61. The summed E-state index contributed by atoms with van der Waals surface area (Å²) in [5, 5.41) is 20.5. The number of H-pyrrole nitrogens is 1. The van der Waals surface area contributed by atoms with E-state index in [2.05, 4.69) is 36.8 Å². The highest BCUT2D eigenvalue weighted by atomic mass is 19.3. The Hall–Kier alpha value is -4.20. The number of hydrogen-bond donors (Lipinski definition) is 3. The minimum atomic E-state index is -2.72. The largest absolute Gasteiger partial charge is 0.495 e. The molecule has 3 heterocycles. The molecule has 1 unspecified atom stereocenters. The topological polar surface area (TPSA) is 116 Å². The van der Waals surface area contributed by atoms with E-state index in [1.54, 1.807) is 18.0 Å². The molecule has 0 spiro atoms. The molecule has 1 atom stereocenters. The van der Waals surface area contributed by atoms with Gasteiger partial charge in [0.2, 0.25) is 11.9 Å². The average Bonchev–Trinajstić information content (AvgIpc) is 3.44. The molecule has 9 nitrogen and oxygen atoms in total. The van der Waals surface area contributed by atoms with Crippen LogP contribution >= 0.6 is 0 Å². The van der Waals surface area contributed by atoms with E-state index in [0.717, 1.165) is 11.3 Å². The summed E-state index contributed by atoms with van der Waals surface area (Å²) in [7, 11) is 3.43. The number of benzene rings is 1. The molecule has 0 amide bonds. The summed E-state index contributed by atoms with van der Waals surface area (Å²) >= 11 is 0. The van der Waals surface area contributed by atoms with E-state index < -0.39 is 12.0 Å². The molecular weight excluding hydrogens is 454 g/mol. The summed E-state index contributed by atoms with van der Waals surface area (Å²) in [6.07, 6.45) is 3.88. The van der Waals surface area contributed by atoms with Crippen molar-refractivity contribution < 1.29 is 13.5 Å². The fourth-order valence-corrected chi connectivity index (χ4v) is 4.50. The van der Waals surface area contributed by atoms with Gasteiger partial charge in [-0.15, -0.1) is 0 Å². The molecule has 0 saturated heterocycles. The van der Waals surface area contributed by atoms with Crippen LogP contribution in [0.4, 0.5) is 26.2 Å². The van der Waals surface area contributed by atoms with E-state index in [0.29, 0.717) is 46.7 Å². The third kappa shape index (κ3) is 4.47. The molecule has 1 fully saturated rings. The van der Waals surface area contributed by atoms with Gasteiger partial charge in [0, 0.05) is 43.9 Å². The first-order valence-corrected chi connectivity index (χ1v) is 11.2. The Morgan fingerprint density at radius 1 is 1.29 bits per heavy atom. The van der Waals surface area contributed by atoms with Gasteiger partial charge >= 0.3 is 0 Å². The minimum absolute atomic E-state index is 0.112. The predicted molar refractivity (Wildman–Crippen MR) is 128 cm³/mol. The standard InChI is InChI=1S/C24H24F2N8O/c1-34-18(7-9-29-34)14-5-6-17(19(10-14)35-2)31-23-32-21-20(15(12-27)13-28-21)22(33-23)30-16-4-3-8-24(25,26)11-16/h5-7,9-10,13,16H,3-4,8,11H2,1-2H3,(H3,28,30,31,32,33). The van der Waals surface area contributed by atoms with Crippen LogP contribution in [0.25, 0.3) is 22.3 Å². The quantitative estimate of drug-likeness (QED) is 0.358. The number of ether oxygens (including phenoxy) is 1. The first kappa shape index (κ1) is 22.6. The molecule has 5 rings (SSSR count). The van der Waals surface area contributed by atoms with Gasteiger partial charge in [-0.1, -0.05) is 6.07 Å². The van der Waals surface area contributed by atoms with Crippen molar-refractivity contribution in [2.45, 2.75) is 37.6 Å². The molecule has 11 heteroatoms. The number of halogens is 2. The number of hydrogen-bond acceptors (Lipinski definition) is 7. The van der Waals surface area contributed by atoms with Gasteiger partial charge < -0.3 is 20.4 Å². The van der Waals surface area contributed by atoms with Crippen molar-refractivity contribution in [1.29, 1.82) is 5.26 Å². The van der Waals surface area contributed by atoms with E-state index in [1.165, 1.54) is 6.20 Å². The van der Waals surface area contributed by atoms with Crippen LogP contribution in [0, 0.1) is 11.3 Å². The van der Waals surface area contributed by atoms with Gasteiger partial charge in [-0.3, -0.25) is 4.68 Å². The summed E-state index contributed by atoms with van der Waals surface area (Å²) in [6, 6.07) is 9.20. The van der Waals surface area contributed by atoms with Crippen LogP contribution < -0.4 is 15.4 Å². The molecule has 1 saturated carbocycles. The number of nitrogens with one attached hydrogen (secondary N) is 3. The van der Waals surface area contributed by atoms with Crippen molar-refractivity contribution in [3.63, 3.8) is 0 Å². The Kier molecular flexibility index (Phi) is 5.72. The zero-order valence-corrected chi connectivity index (χ0v) is 19.3. The highest BCUT2D eigenvalue weighted by molar-refractivity contribution is 5.93. The number of alkyl halides is 2. The normalized spacial score (nSPS) is 17.2. The van der Waals surface area contributed by atoms with Crippen LogP contribution in [-0.2, 0) is 7.05 Å². The van der Waals surface area contributed by atoms with Gasteiger partial charge in [0.1, 0.15) is 23.3 Å². The SMILES string of the molecule is COc1cc(-c2ccnn2C)ccc1Nc1nc(NC2CCCC(F)(F)C2)c2c(C#N)c[nH]c2n1. The molecule has 3 N–H and O–H groups in total. The van der Waals surface area contributed by atoms with Crippen molar-refractivity contribution in [3.05, 3.63) is 42.2 Å². The summed E-state index contributed by atoms with van der Waals surface area (Å²) in [6.45, 7) is 0. The lowest BCUT2D eigenvalue weighted by Crippen LogP contribution is -2.34. The van der Waals surface area contributed by atoms with Gasteiger partial charge in [0.15, 0.2) is 0 Å². The molecule has 1 aliphatic carbocycles. The number of aromatic nitrogens is 5. The van der Waals surface area contributed by atoms with Crippen molar-refractivity contribution in [1.82, 2.24) is 24.7 Å². The summed E-state index contributed by atoms with van der Waals surface area (Å²) in [5.74, 6) is -1.58. The highest BCUT2D eigenvalue weighted by Crippen LogP contribution is 2.37. The lowest BCUT2D eigenvalue weighted by Gasteiger charge is -2.30. The van der Waals surface area contributed by atoms with Gasteiger partial charge in [0.05, 0.1) is 29.4 Å². The van der Waals surface area contributed by atoms with Crippen LogP contribution in [0.1, 0.15) is 31.2 Å². The maximum absolute atomic E-state index is 14.0. The van der Waals surface area contributed by atoms with Crippen LogP contribution in [0.3, 0.4) is 0 Å². The Labute approximate surface area is 200 Å². The molecular formula is C24H24F2N8O. The number of anilines is 3. The third-order valence-electron chi connectivity index (χ3n) is 6.20. The van der Waals surface area contributed by atoms with E-state index in [-0.39, 0.29) is 18.8 Å². The van der Waals surface area contributed by atoms with Crippen molar-refractivity contribution in [2.24, 2.45) is 7.05 Å². The second-order valence-corrected chi connectivity index (χ2v) is 8.61. The third-order valence-corrected chi connectivity index (χ3v) is 6.20. The monoisotopic (exact) mass is 478 g/mol. The molecule has 180 valence electrons. The van der Waals surface area contributed by atoms with Gasteiger partial charge in [-0.2, -0.15) is 20.3 Å². The van der Waals surface area contributed by atoms with Gasteiger partial charge in [-0.05, 0) is 31.0 Å². The zero-order valence-electron chi connectivity index (χ0n) is 19.3. The van der Waals surface area contributed by atoms with E-state index in [1.807, 2.05) is 31.3 Å². The summed E-state index contributed by atoms with van der Waals surface area (Å²) < 4.78 is 35.4. The first-order chi connectivity index (χ1) is 16.9. The Morgan fingerprint density at radius 2 is 2.14 bits per heavy atom. The maximum Gasteiger partial charge on any atom is 0.250 e. The van der Waals surface area contributed by atoms with E-state index in [9.17, 15) is 14.0 Å². The van der Waals surface area contributed by atoms with Crippen LogP contribution in [-0.4, -0.2) is 43.8 Å². The molecule has 3 aromatic heterocycles. The zero-order chi connectivity index (χ0) is 24.6. The Bertz CT molecular complexity index is 1420. The smallest absolute Gasteiger partial charge is 0.250 e. The number of aryl methyl sites for hydroxylation is 1. The molecule has 1 aromatic carbocycles. The first-order valence-electron chi connectivity index (χ1n) is 11.2. The molecule has 4 aromatic rings. The van der Waals surface area contributed by atoms with E-state index >= 15 is 0 Å². The molecule has 1 aliphatic rings. The second kappa shape index (κ2) is 8.87. The summed E-state index contributed by atoms with van der Waals surface area (Å²) in [5.41, 5.74) is 3.25. The lowest BCUT2D eigenvalue weighted by atomic mass is 9.92. The Morgan fingerprint density at radius 3 is 2.86 bits per heavy atom. The van der Waals surface area contributed by atoms with Gasteiger partial charge in [0.25, 0.3) is 0 Å². The van der Waals surface area contributed by atoms with Crippen molar-refractivity contribution >= 4 is 28.5 Å². The van der Waals surface area contributed by atoms with Gasteiger partial charge in [-0.25, -0.2) is 8.78 Å². The predicted octanol–water partition coefficient (Wildman–Crippen LogP) is 4.97. The number of methoxy groups -OCH3 is 1. The fourth-order valence-electron chi connectivity index (χ4n) is 4.50. The molecule has 0 bridgehead atoms. The van der Waals surface area contributed by atoms with E-state index in [4.69, 9.17) is 4.74 Å². The maximum atomic E-state index is 14.0. The van der Waals surface area contributed by atoms with Crippen molar-refractivity contribution in [3.8, 4) is 23.1 Å². The number of fused-ring (bicyclic) bond motifs is 1. The molecule has 0 radical (unpaired) electrons. The summed E-state index contributed by atoms with van der Waals surface area (Å²) in [4.78, 5) is 12.0. The highest BCUT2D eigenvalue weighted by Gasteiger charge is 2.36. The number of nitrogens with zero attached hydrogens (tertiary/aromatic N) is 5. The van der Waals surface area contributed by atoms with Crippen LogP contribution in [0.5, 0.6) is 5.75 Å². The van der Waals surface area contributed by atoms with Crippen LogP contribution in [0.15, 0.2) is 36.7 Å². The van der Waals surface area contributed by atoms with Crippen LogP contribution in [0.2, 0.25) is 0 Å².